The molecule has 0 aromatic heterocycles. The van der Waals surface area contributed by atoms with E-state index in [4.69, 9.17) is 11.6 Å². The minimum atomic E-state index is -0.944. The second-order valence-corrected chi connectivity index (χ2v) is 3.56. The Bertz CT molecular complexity index is 471. The van der Waals surface area contributed by atoms with Crippen molar-refractivity contribution in [3.63, 3.8) is 0 Å². The standard InChI is InChI=1S/C10H6ClF2NO/c11-10-6(4-15)1-5-2-7(12)8(13)3-9(5)14-10/h2-4,14H,1H2. The number of aldehydes is 1. The minimum absolute atomic E-state index is 0.156. The minimum Gasteiger partial charge on any atom is -0.345 e. The van der Waals surface area contributed by atoms with Gasteiger partial charge in [-0.3, -0.25) is 4.79 Å². The van der Waals surface area contributed by atoms with Crippen LogP contribution < -0.4 is 5.32 Å². The Hall–Kier alpha value is -1.42. The first kappa shape index (κ1) is 10.1. The highest BCUT2D eigenvalue weighted by atomic mass is 35.5. The fourth-order valence-electron chi connectivity index (χ4n) is 1.43. The van der Waals surface area contributed by atoms with E-state index < -0.39 is 11.6 Å². The molecule has 0 atom stereocenters. The van der Waals surface area contributed by atoms with Crippen LogP contribution in [0.15, 0.2) is 22.9 Å². The smallest absolute Gasteiger partial charge is 0.160 e. The normalized spacial score (nSPS) is 14.6. The Balaban J connectivity index is 2.48. The zero-order chi connectivity index (χ0) is 11.0. The molecule has 0 aliphatic carbocycles. The van der Waals surface area contributed by atoms with E-state index >= 15 is 0 Å². The van der Waals surface area contributed by atoms with Crippen molar-refractivity contribution in [1.82, 2.24) is 0 Å². The lowest BCUT2D eigenvalue weighted by atomic mass is 10.0. The summed E-state index contributed by atoms with van der Waals surface area (Å²) in [6, 6.07) is 2.08. The van der Waals surface area contributed by atoms with E-state index in [9.17, 15) is 13.6 Å². The number of anilines is 1. The lowest BCUT2D eigenvalue weighted by Crippen LogP contribution is -2.11. The fraction of sp³-hybridized carbons (Fsp3) is 0.100. The first-order chi connectivity index (χ1) is 7.11. The molecule has 1 aromatic carbocycles. The van der Waals surface area contributed by atoms with Crippen molar-refractivity contribution in [2.24, 2.45) is 0 Å². The summed E-state index contributed by atoms with van der Waals surface area (Å²) in [6.45, 7) is 0. The largest absolute Gasteiger partial charge is 0.345 e. The molecule has 1 N–H and O–H groups in total. The predicted molar refractivity (Wildman–Crippen MR) is 52.6 cm³/mol. The predicted octanol–water partition coefficient (Wildman–Crippen LogP) is 2.58. The van der Waals surface area contributed by atoms with E-state index in [1.165, 1.54) is 0 Å². The van der Waals surface area contributed by atoms with E-state index in [2.05, 4.69) is 5.32 Å². The Morgan fingerprint density at radius 1 is 1.33 bits per heavy atom. The first-order valence-corrected chi connectivity index (χ1v) is 4.58. The van der Waals surface area contributed by atoms with Gasteiger partial charge in [0.25, 0.3) is 0 Å². The van der Waals surface area contributed by atoms with Gasteiger partial charge in [-0.2, -0.15) is 0 Å². The lowest BCUT2D eigenvalue weighted by Gasteiger charge is -2.18. The molecule has 0 bridgehead atoms. The Morgan fingerprint density at radius 3 is 2.67 bits per heavy atom. The molecule has 1 aliphatic heterocycles. The van der Waals surface area contributed by atoms with Gasteiger partial charge in [-0.1, -0.05) is 11.6 Å². The molecule has 2 nitrogen and oxygen atoms in total. The van der Waals surface area contributed by atoms with Crippen molar-refractivity contribution in [2.75, 3.05) is 5.32 Å². The summed E-state index contributed by atoms with van der Waals surface area (Å²) < 4.78 is 25.8. The number of hydrogen-bond donors (Lipinski definition) is 1. The molecular weight excluding hydrogens is 224 g/mol. The van der Waals surface area contributed by atoms with Crippen LogP contribution in [0.25, 0.3) is 0 Å². The van der Waals surface area contributed by atoms with E-state index in [1.54, 1.807) is 0 Å². The Kier molecular flexibility index (Phi) is 2.44. The number of fused-ring (bicyclic) bond motifs is 1. The summed E-state index contributed by atoms with van der Waals surface area (Å²) in [7, 11) is 0. The van der Waals surface area contributed by atoms with Crippen molar-refractivity contribution in [3.8, 4) is 0 Å². The van der Waals surface area contributed by atoms with Crippen molar-refractivity contribution in [2.45, 2.75) is 6.42 Å². The highest BCUT2D eigenvalue weighted by Gasteiger charge is 2.18. The summed E-state index contributed by atoms with van der Waals surface area (Å²) >= 11 is 5.72. The molecule has 1 aromatic rings. The van der Waals surface area contributed by atoms with Crippen LogP contribution in [0, 0.1) is 11.6 Å². The molecule has 0 amide bonds. The number of benzene rings is 1. The molecule has 78 valence electrons. The quantitative estimate of drug-likeness (QED) is 0.592. The molecule has 15 heavy (non-hydrogen) atoms. The van der Waals surface area contributed by atoms with Crippen molar-refractivity contribution in [3.05, 3.63) is 40.1 Å². The van der Waals surface area contributed by atoms with Gasteiger partial charge in [-0.15, -0.1) is 0 Å². The topological polar surface area (TPSA) is 29.1 Å². The summed E-state index contributed by atoms with van der Waals surface area (Å²) in [5.74, 6) is -1.88. The number of hydrogen-bond acceptors (Lipinski definition) is 2. The summed E-state index contributed by atoms with van der Waals surface area (Å²) in [6.07, 6.45) is 0.807. The average molecular weight is 230 g/mol. The number of carbonyl (C=O) groups is 1. The summed E-state index contributed by atoms with van der Waals surface area (Å²) in [4.78, 5) is 10.6. The van der Waals surface area contributed by atoms with Crippen LogP contribution in [0.4, 0.5) is 14.5 Å². The van der Waals surface area contributed by atoms with Crippen molar-refractivity contribution in [1.29, 1.82) is 0 Å². The fourth-order valence-corrected chi connectivity index (χ4v) is 1.64. The van der Waals surface area contributed by atoms with E-state index in [1.807, 2.05) is 0 Å². The van der Waals surface area contributed by atoms with Gasteiger partial charge in [-0.05, 0) is 11.6 Å². The average Bonchev–Trinajstić information content (AvgIpc) is 2.20. The molecule has 0 saturated heterocycles. The molecular formula is C10H6ClF2NO. The molecule has 1 aliphatic rings. The monoisotopic (exact) mass is 229 g/mol. The number of halogens is 3. The van der Waals surface area contributed by atoms with Gasteiger partial charge in [0.2, 0.25) is 0 Å². The van der Waals surface area contributed by atoms with E-state index in [-0.39, 0.29) is 11.6 Å². The third-order valence-electron chi connectivity index (χ3n) is 2.20. The maximum absolute atomic E-state index is 12.9. The van der Waals surface area contributed by atoms with Gasteiger partial charge >= 0.3 is 0 Å². The van der Waals surface area contributed by atoms with Crippen LogP contribution in [0.5, 0.6) is 0 Å². The highest BCUT2D eigenvalue weighted by Crippen LogP contribution is 2.30. The van der Waals surface area contributed by atoms with Crippen LogP contribution in [0.3, 0.4) is 0 Å². The van der Waals surface area contributed by atoms with Crippen molar-refractivity contribution < 1.29 is 13.6 Å². The Labute approximate surface area is 89.5 Å². The van der Waals surface area contributed by atoms with Crippen LogP contribution in [0.1, 0.15) is 5.56 Å². The first-order valence-electron chi connectivity index (χ1n) is 4.20. The molecule has 2 rings (SSSR count). The van der Waals surface area contributed by atoms with Gasteiger partial charge in [0.1, 0.15) is 11.4 Å². The third kappa shape index (κ3) is 1.72. The number of allylic oxidation sites excluding steroid dienone is 1. The molecule has 1 heterocycles. The van der Waals surface area contributed by atoms with Gasteiger partial charge in [0.05, 0.1) is 0 Å². The van der Waals surface area contributed by atoms with Gasteiger partial charge < -0.3 is 5.32 Å². The number of nitrogens with one attached hydrogen (secondary N) is 1. The van der Waals surface area contributed by atoms with Crippen LogP contribution in [-0.4, -0.2) is 6.29 Å². The molecule has 0 fully saturated rings. The maximum Gasteiger partial charge on any atom is 0.160 e. The SMILES string of the molecule is O=CC1=C(Cl)Nc2cc(F)c(F)cc2C1. The molecule has 0 saturated carbocycles. The van der Waals surface area contributed by atoms with Crippen molar-refractivity contribution >= 4 is 23.6 Å². The maximum atomic E-state index is 12.9. The van der Waals surface area contributed by atoms with E-state index in [0.717, 1.165) is 12.1 Å². The highest BCUT2D eigenvalue weighted by molar-refractivity contribution is 6.32. The molecule has 0 spiro atoms. The second kappa shape index (κ2) is 3.62. The summed E-state index contributed by atoms with van der Waals surface area (Å²) in [5.41, 5.74) is 1.24. The number of carbonyl (C=O) groups excluding carboxylic acids is 1. The van der Waals surface area contributed by atoms with Gasteiger partial charge in [0.15, 0.2) is 11.6 Å². The Morgan fingerprint density at radius 2 is 2.00 bits per heavy atom. The van der Waals surface area contributed by atoms with Crippen LogP contribution in [-0.2, 0) is 11.2 Å². The lowest BCUT2D eigenvalue weighted by molar-refractivity contribution is -0.105. The third-order valence-corrected chi connectivity index (χ3v) is 2.53. The zero-order valence-corrected chi connectivity index (χ0v) is 8.24. The zero-order valence-electron chi connectivity index (χ0n) is 7.48. The molecule has 0 radical (unpaired) electrons. The molecule has 0 unspecified atom stereocenters. The van der Waals surface area contributed by atoms with Crippen LogP contribution in [0.2, 0.25) is 0 Å². The summed E-state index contributed by atoms with van der Waals surface area (Å²) in [5, 5.41) is 2.79. The van der Waals surface area contributed by atoms with Crippen LogP contribution >= 0.6 is 11.6 Å². The van der Waals surface area contributed by atoms with Gasteiger partial charge in [-0.25, -0.2) is 8.78 Å². The molecule has 5 heteroatoms. The second-order valence-electron chi connectivity index (χ2n) is 3.18. The number of rotatable bonds is 1. The van der Waals surface area contributed by atoms with Gasteiger partial charge in [0, 0.05) is 23.7 Å². The van der Waals surface area contributed by atoms with E-state index in [0.29, 0.717) is 23.1 Å².